The molecule has 0 aliphatic carbocycles. The Morgan fingerprint density at radius 1 is 1.09 bits per heavy atom. The molecule has 0 aliphatic rings. The zero-order chi connectivity index (χ0) is 15.2. The fourth-order valence-electron chi connectivity index (χ4n) is 2.50. The number of furan rings is 1. The molecular weight excluding hydrogens is 274 g/mol. The number of aromatic nitrogens is 1. The van der Waals surface area contributed by atoms with Crippen LogP contribution in [0.4, 0.5) is 5.69 Å². The van der Waals surface area contributed by atoms with E-state index < -0.39 is 0 Å². The largest absolute Gasteiger partial charge is 0.460 e. The van der Waals surface area contributed by atoms with Crippen LogP contribution in [0.3, 0.4) is 0 Å². The summed E-state index contributed by atoms with van der Waals surface area (Å²) in [5.74, 6) is 1.57. The van der Waals surface area contributed by atoms with Gasteiger partial charge < -0.3 is 15.1 Å². The van der Waals surface area contributed by atoms with Gasteiger partial charge in [-0.3, -0.25) is 4.98 Å². The number of benzene rings is 1. The smallest absolute Gasteiger partial charge is 0.144 e. The maximum absolute atomic E-state index is 7.13. The maximum atomic E-state index is 7.13. The minimum Gasteiger partial charge on any atom is -0.460 e. The molecule has 0 bridgehead atoms. The van der Waals surface area contributed by atoms with E-state index in [1.165, 1.54) is 6.21 Å². The van der Waals surface area contributed by atoms with Crippen LogP contribution in [0.2, 0.25) is 0 Å². The van der Waals surface area contributed by atoms with Crippen molar-refractivity contribution in [2.75, 3.05) is 11.9 Å². The molecule has 0 amide bonds. The van der Waals surface area contributed by atoms with Crippen molar-refractivity contribution in [1.29, 1.82) is 5.41 Å². The van der Waals surface area contributed by atoms with E-state index in [1.54, 1.807) is 0 Å². The third-order valence-corrected chi connectivity index (χ3v) is 3.64. The zero-order valence-electron chi connectivity index (χ0n) is 12.4. The Labute approximate surface area is 129 Å². The van der Waals surface area contributed by atoms with Gasteiger partial charge in [-0.15, -0.1) is 0 Å². The summed E-state index contributed by atoms with van der Waals surface area (Å²) < 4.78 is 5.48. The lowest BCUT2D eigenvalue weighted by molar-refractivity contribution is 0.494. The summed E-state index contributed by atoms with van der Waals surface area (Å²) in [5, 5.41) is 11.8. The molecule has 0 fully saturated rings. The predicted molar refractivity (Wildman–Crippen MR) is 89.8 cm³/mol. The van der Waals surface area contributed by atoms with Crippen LogP contribution in [0.5, 0.6) is 0 Å². The molecule has 0 saturated heterocycles. The zero-order valence-corrected chi connectivity index (χ0v) is 12.4. The highest BCUT2D eigenvalue weighted by Crippen LogP contribution is 2.20. The van der Waals surface area contributed by atoms with Crippen molar-refractivity contribution >= 4 is 22.8 Å². The van der Waals surface area contributed by atoms with Crippen molar-refractivity contribution in [2.45, 2.75) is 19.3 Å². The number of hydrogen-bond acceptors (Lipinski definition) is 4. The highest BCUT2D eigenvalue weighted by atomic mass is 16.3. The number of nitrogens with zero attached hydrogens (tertiary/aromatic N) is 1. The topological polar surface area (TPSA) is 61.9 Å². The third kappa shape index (κ3) is 3.34. The number of anilines is 1. The fourth-order valence-corrected chi connectivity index (χ4v) is 2.50. The minimum atomic E-state index is 0.622. The normalized spacial score (nSPS) is 10.7. The molecule has 3 aromatic rings. The molecule has 0 aliphatic heterocycles. The van der Waals surface area contributed by atoms with Crippen LogP contribution in [-0.2, 0) is 6.42 Å². The second kappa shape index (κ2) is 6.89. The molecule has 0 atom stereocenters. The molecular formula is C18H19N3O. The van der Waals surface area contributed by atoms with Crippen molar-refractivity contribution in [1.82, 2.24) is 4.98 Å². The van der Waals surface area contributed by atoms with Gasteiger partial charge in [0, 0.05) is 30.2 Å². The lowest BCUT2D eigenvalue weighted by atomic mass is 10.1. The van der Waals surface area contributed by atoms with E-state index in [9.17, 15) is 0 Å². The van der Waals surface area contributed by atoms with E-state index in [-0.39, 0.29) is 0 Å². The van der Waals surface area contributed by atoms with E-state index in [1.807, 2.05) is 42.6 Å². The molecule has 0 unspecified atom stereocenters. The monoisotopic (exact) mass is 293 g/mol. The van der Waals surface area contributed by atoms with Crippen LogP contribution in [0.1, 0.15) is 24.4 Å². The predicted octanol–water partition coefficient (Wildman–Crippen LogP) is 4.26. The van der Waals surface area contributed by atoms with Gasteiger partial charge in [-0.25, -0.2) is 0 Å². The van der Waals surface area contributed by atoms with Gasteiger partial charge in [0.1, 0.15) is 11.5 Å². The van der Waals surface area contributed by atoms with Crippen LogP contribution >= 0.6 is 0 Å². The molecule has 4 heteroatoms. The molecule has 0 radical (unpaired) electrons. The first kappa shape index (κ1) is 14.3. The summed E-state index contributed by atoms with van der Waals surface area (Å²) >= 11 is 0. The molecule has 0 spiro atoms. The van der Waals surface area contributed by atoms with Crippen LogP contribution < -0.4 is 5.32 Å². The molecule has 2 aromatic heterocycles. The number of pyridine rings is 1. The van der Waals surface area contributed by atoms with Gasteiger partial charge in [0.15, 0.2) is 0 Å². The standard InChI is InChI=1S/C18H19N3O/c19-13-15-9-8-14(22-15)5-3-4-11-20-18-10-12-21-17-7-2-1-6-16(17)18/h1-2,6-10,12-13,19H,3-5,11H2,(H,20,21). The van der Waals surface area contributed by atoms with Gasteiger partial charge in [-0.05, 0) is 37.1 Å². The second-order valence-electron chi connectivity index (χ2n) is 5.21. The van der Waals surface area contributed by atoms with Crippen molar-refractivity contribution in [3.8, 4) is 0 Å². The number of aryl methyl sites for hydroxylation is 1. The molecule has 112 valence electrons. The van der Waals surface area contributed by atoms with Crippen LogP contribution in [0.15, 0.2) is 53.1 Å². The Hall–Kier alpha value is -2.62. The van der Waals surface area contributed by atoms with Crippen LogP contribution in [-0.4, -0.2) is 17.7 Å². The van der Waals surface area contributed by atoms with Crippen molar-refractivity contribution < 1.29 is 4.42 Å². The summed E-state index contributed by atoms with van der Waals surface area (Å²) in [4.78, 5) is 4.37. The Bertz CT molecular complexity index is 758. The summed E-state index contributed by atoms with van der Waals surface area (Å²) in [5.41, 5.74) is 2.15. The van der Waals surface area contributed by atoms with Crippen molar-refractivity contribution in [3.05, 3.63) is 60.2 Å². The lowest BCUT2D eigenvalue weighted by Crippen LogP contribution is -2.02. The molecule has 2 heterocycles. The minimum absolute atomic E-state index is 0.622. The highest BCUT2D eigenvalue weighted by Gasteiger charge is 2.02. The first-order valence-corrected chi connectivity index (χ1v) is 7.53. The number of nitrogens with one attached hydrogen (secondary N) is 2. The Morgan fingerprint density at radius 3 is 2.86 bits per heavy atom. The molecule has 22 heavy (non-hydrogen) atoms. The summed E-state index contributed by atoms with van der Waals surface area (Å²) in [7, 11) is 0. The molecule has 1 aromatic carbocycles. The van der Waals surface area contributed by atoms with Crippen molar-refractivity contribution in [2.24, 2.45) is 0 Å². The van der Waals surface area contributed by atoms with E-state index >= 15 is 0 Å². The van der Waals surface area contributed by atoms with E-state index in [2.05, 4.69) is 16.4 Å². The van der Waals surface area contributed by atoms with E-state index in [0.29, 0.717) is 5.76 Å². The average molecular weight is 293 g/mol. The van der Waals surface area contributed by atoms with Gasteiger partial charge in [-0.1, -0.05) is 18.2 Å². The summed E-state index contributed by atoms with van der Waals surface area (Å²) in [6.07, 6.45) is 6.11. The van der Waals surface area contributed by atoms with E-state index in [4.69, 9.17) is 9.83 Å². The molecule has 0 saturated carbocycles. The molecule has 2 N–H and O–H groups in total. The lowest BCUT2D eigenvalue weighted by Gasteiger charge is -2.08. The van der Waals surface area contributed by atoms with Gasteiger partial charge in [0.25, 0.3) is 0 Å². The molecule has 4 nitrogen and oxygen atoms in total. The summed E-state index contributed by atoms with van der Waals surface area (Å²) in [6.45, 7) is 0.923. The fraction of sp³-hybridized carbons (Fsp3) is 0.222. The molecule has 3 rings (SSSR count). The number of rotatable bonds is 7. The summed E-state index contributed by atoms with van der Waals surface area (Å²) in [6, 6.07) is 14.0. The number of unbranched alkanes of at least 4 members (excludes halogenated alkanes) is 1. The average Bonchev–Trinajstić information content (AvgIpc) is 3.03. The number of para-hydroxylation sites is 1. The van der Waals surface area contributed by atoms with Gasteiger partial charge in [0.05, 0.1) is 11.7 Å². The van der Waals surface area contributed by atoms with Gasteiger partial charge >= 0.3 is 0 Å². The SMILES string of the molecule is N=Cc1ccc(CCCCNc2ccnc3ccccc23)o1. The van der Waals surface area contributed by atoms with Gasteiger partial charge in [-0.2, -0.15) is 0 Å². The Morgan fingerprint density at radius 2 is 2.00 bits per heavy atom. The quantitative estimate of drug-likeness (QED) is 0.505. The van der Waals surface area contributed by atoms with E-state index in [0.717, 1.165) is 48.2 Å². The first-order chi connectivity index (χ1) is 10.9. The Kier molecular flexibility index (Phi) is 4.49. The maximum Gasteiger partial charge on any atom is 0.144 e. The van der Waals surface area contributed by atoms with Crippen LogP contribution in [0.25, 0.3) is 10.9 Å². The second-order valence-corrected chi connectivity index (χ2v) is 5.21. The number of hydrogen-bond donors (Lipinski definition) is 2. The van der Waals surface area contributed by atoms with Crippen LogP contribution in [0, 0.1) is 5.41 Å². The number of fused-ring (bicyclic) bond motifs is 1. The third-order valence-electron chi connectivity index (χ3n) is 3.64. The van der Waals surface area contributed by atoms with Crippen molar-refractivity contribution in [3.63, 3.8) is 0 Å². The van der Waals surface area contributed by atoms with Gasteiger partial charge in [0.2, 0.25) is 0 Å². The first-order valence-electron chi connectivity index (χ1n) is 7.53. The Balaban J connectivity index is 1.49. The highest BCUT2D eigenvalue weighted by molar-refractivity contribution is 5.90.